The molecule has 0 fully saturated rings. The van der Waals surface area contributed by atoms with E-state index in [4.69, 9.17) is 0 Å². The van der Waals surface area contributed by atoms with Crippen LogP contribution < -0.4 is 10.2 Å². The van der Waals surface area contributed by atoms with Crippen molar-refractivity contribution in [1.82, 2.24) is 5.32 Å². The highest BCUT2D eigenvalue weighted by Gasteiger charge is 2.24. The number of anilines is 1. The first kappa shape index (κ1) is 11.6. The molecular weight excluding hydrogens is 220 g/mol. The topological polar surface area (TPSA) is 72.8 Å². The Bertz CT molecular complexity index is 459. The molecule has 17 heavy (non-hydrogen) atoms. The molecule has 0 aromatic heterocycles. The van der Waals surface area contributed by atoms with Crippen LogP contribution in [0.1, 0.15) is 12.5 Å². The Morgan fingerprint density at radius 3 is 2.71 bits per heavy atom. The summed E-state index contributed by atoms with van der Waals surface area (Å²) in [6, 6.07) is 3.14. The van der Waals surface area contributed by atoms with Crippen molar-refractivity contribution in [3.05, 3.63) is 17.7 Å². The summed E-state index contributed by atoms with van der Waals surface area (Å²) < 4.78 is 0. The van der Waals surface area contributed by atoms with E-state index in [1.165, 1.54) is 6.92 Å². The Labute approximate surface area is 99.7 Å². The largest absolute Gasteiger partial charge is 0.504 e. The molecule has 2 rings (SSSR count). The molecule has 1 aliphatic heterocycles. The molecule has 0 saturated carbocycles. The Kier molecular flexibility index (Phi) is 2.83. The van der Waals surface area contributed by atoms with Crippen LogP contribution in [0, 0.1) is 0 Å². The zero-order valence-corrected chi connectivity index (χ0v) is 9.90. The van der Waals surface area contributed by atoms with Gasteiger partial charge in [-0.25, -0.2) is 0 Å². The molecule has 0 radical (unpaired) electrons. The zero-order chi connectivity index (χ0) is 12.6. The molecule has 1 aliphatic rings. The van der Waals surface area contributed by atoms with Crippen LogP contribution in [0.4, 0.5) is 5.69 Å². The molecule has 1 atom stereocenters. The third-order valence-corrected chi connectivity index (χ3v) is 2.96. The lowest BCUT2D eigenvalue weighted by Gasteiger charge is -2.33. The molecule has 1 amide bonds. The average Bonchev–Trinajstić information content (AvgIpc) is 2.20. The van der Waals surface area contributed by atoms with E-state index >= 15 is 0 Å². The SMILES string of the molecule is CC(=O)NC1Cc2cc(O)c(O)cc2N(C)C1. The number of fused-ring (bicyclic) bond motifs is 1. The molecule has 1 aromatic carbocycles. The maximum absolute atomic E-state index is 11.0. The van der Waals surface area contributed by atoms with Crippen molar-refractivity contribution in [2.45, 2.75) is 19.4 Å². The Morgan fingerprint density at radius 1 is 1.41 bits per heavy atom. The highest BCUT2D eigenvalue weighted by atomic mass is 16.3. The van der Waals surface area contributed by atoms with Crippen LogP contribution in [-0.4, -0.2) is 35.8 Å². The summed E-state index contributed by atoms with van der Waals surface area (Å²) in [4.78, 5) is 13.0. The summed E-state index contributed by atoms with van der Waals surface area (Å²) in [6.45, 7) is 2.18. The van der Waals surface area contributed by atoms with Crippen LogP contribution in [0.2, 0.25) is 0 Å². The third kappa shape index (κ3) is 2.27. The van der Waals surface area contributed by atoms with E-state index in [2.05, 4.69) is 5.32 Å². The van der Waals surface area contributed by atoms with Crippen molar-refractivity contribution in [3.8, 4) is 11.5 Å². The van der Waals surface area contributed by atoms with Crippen molar-refractivity contribution in [2.75, 3.05) is 18.5 Å². The van der Waals surface area contributed by atoms with Gasteiger partial charge < -0.3 is 20.4 Å². The zero-order valence-electron chi connectivity index (χ0n) is 9.90. The number of phenolic OH excluding ortho intramolecular Hbond substituents is 2. The minimum absolute atomic E-state index is 0.0361. The van der Waals surface area contributed by atoms with Gasteiger partial charge in [-0.15, -0.1) is 0 Å². The number of hydrogen-bond donors (Lipinski definition) is 3. The van der Waals surface area contributed by atoms with E-state index in [9.17, 15) is 15.0 Å². The first-order valence-electron chi connectivity index (χ1n) is 5.50. The number of nitrogens with zero attached hydrogens (tertiary/aromatic N) is 1. The van der Waals surface area contributed by atoms with E-state index in [1.807, 2.05) is 11.9 Å². The first-order valence-corrected chi connectivity index (χ1v) is 5.50. The fraction of sp³-hybridized carbons (Fsp3) is 0.417. The normalized spacial score (nSPS) is 18.7. The minimum atomic E-state index is -0.124. The molecular formula is C12H16N2O3. The highest BCUT2D eigenvalue weighted by molar-refractivity contribution is 5.74. The van der Waals surface area contributed by atoms with E-state index < -0.39 is 0 Å². The van der Waals surface area contributed by atoms with Crippen molar-refractivity contribution in [3.63, 3.8) is 0 Å². The fourth-order valence-electron chi connectivity index (χ4n) is 2.27. The molecule has 92 valence electrons. The second-order valence-corrected chi connectivity index (χ2v) is 4.45. The Morgan fingerprint density at radius 2 is 2.06 bits per heavy atom. The minimum Gasteiger partial charge on any atom is -0.504 e. The van der Waals surface area contributed by atoms with Crippen LogP contribution in [-0.2, 0) is 11.2 Å². The molecule has 5 nitrogen and oxygen atoms in total. The van der Waals surface area contributed by atoms with E-state index in [1.54, 1.807) is 12.1 Å². The summed E-state index contributed by atoms with van der Waals surface area (Å²) in [5.41, 5.74) is 1.81. The quantitative estimate of drug-likeness (QED) is 0.624. The predicted octanol–water partition coefficient (Wildman–Crippen LogP) is 0.595. The maximum atomic E-state index is 11.0. The lowest BCUT2D eigenvalue weighted by molar-refractivity contribution is -0.119. The van der Waals surface area contributed by atoms with Crippen LogP contribution >= 0.6 is 0 Å². The molecule has 5 heteroatoms. The second kappa shape index (κ2) is 4.16. The van der Waals surface area contributed by atoms with Gasteiger partial charge in [0.2, 0.25) is 5.91 Å². The standard InChI is InChI=1S/C12H16N2O3/c1-7(15)13-9-3-8-4-11(16)12(17)5-10(8)14(2)6-9/h4-5,9,16-17H,3,6H2,1-2H3,(H,13,15). The molecule has 0 aliphatic carbocycles. The second-order valence-electron chi connectivity index (χ2n) is 4.45. The van der Waals surface area contributed by atoms with Gasteiger partial charge in [0.15, 0.2) is 11.5 Å². The van der Waals surface area contributed by atoms with Gasteiger partial charge in [0.25, 0.3) is 0 Å². The number of nitrogens with one attached hydrogen (secondary N) is 1. The smallest absolute Gasteiger partial charge is 0.217 e. The van der Waals surface area contributed by atoms with Gasteiger partial charge in [-0.05, 0) is 18.1 Å². The van der Waals surface area contributed by atoms with Gasteiger partial charge in [0, 0.05) is 32.3 Å². The van der Waals surface area contributed by atoms with E-state index in [0.29, 0.717) is 13.0 Å². The maximum Gasteiger partial charge on any atom is 0.217 e. The van der Waals surface area contributed by atoms with Crippen LogP contribution in [0.15, 0.2) is 12.1 Å². The van der Waals surface area contributed by atoms with Crippen molar-refractivity contribution >= 4 is 11.6 Å². The number of rotatable bonds is 1. The summed E-state index contributed by atoms with van der Waals surface area (Å²) >= 11 is 0. The van der Waals surface area contributed by atoms with Gasteiger partial charge in [-0.2, -0.15) is 0 Å². The molecule has 0 bridgehead atoms. The summed E-state index contributed by atoms with van der Waals surface area (Å²) in [5.74, 6) is -0.302. The number of hydrogen-bond acceptors (Lipinski definition) is 4. The molecule has 1 heterocycles. The van der Waals surface area contributed by atoms with Gasteiger partial charge in [0.1, 0.15) is 0 Å². The number of carbonyl (C=O) groups is 1. The number of carbonyl (C=O) groups excluding carboxylic acids is 1. The number of phenols is 2. The molecule has 3 N–H and O–H groups in total. The van der Waals surface area contributed by atoms with Gasteiger partial charge in [-0.3, -0.25) is 4.79 Å². The molecule has 0 saturated heterocycles. The van der Waals surface area contributed by atoms with Gasteiger partial charge in [0.05, 0.1) is 6.04 Å². The van der Waals surface area contributed by atoms with Crippen LogP contribution in [0.5, 0.6) is 11.5 Å². The van der Waals surface area contributed by atoms with Crippen LogP contribution in [0.25, 0.3) is 0 Å². The predicted molar refractivity (Wildman–Crippen MR) is 64.4 cm³/mol. The average molecular weight is 236 g/mol. The summed E-state index contributed by atoms with van der Waals surface area (Å²) in [6.07, 6.45) is 0.660. The lowest BCUT2D eigenvalue weighted by Crippen LogP contribution is -2.46. The van der Waals surface area contributed by atoms with E-state index in [0.717, 1.165) is 11.3 Å². The summed E-state index contributed by atoms with van der Waals surface area (Å²) in [5, 5.41) is 21.8. The molecule has 1 unspecified atom stereocenters. The van der Waals surface area contributed by atoms with Gasteiger partial charge in [-0.1, -0.05) is 0 Å². The fourth-order valence-corrected chi connectivity index (χ4v) is 2.27. The van der Waals surface area contributed by atoms with Crippen molar-refractivity contribution < 1.29 is 15.0 Å². The lowest BCUT2D eigenvalue weighted by atomic mass is 9.97. The highest BCUT2D eigenvalue weighted by Crippen LogP contribution is 2.35. The van der Waals surface area contributed by atoms with Crippen molar-refractivity contribution in [1.29, 1.82) is 0 Å². The Hall–Kier alpha value is -1.91. The summed E-state index contributed by atoms with van der Waals surface area (Å²) in [7, 11) is 1.89. The number of aromatic hydroxyl groups is 2. The Balaban J connectivity index is 2.29. The van der Waals surface area contributed by atoms with Crippen molar-refractivity contribution in [2.24, 2.45) is 0 Å². The van der Waals surface area contributed by atoms with Gasteiger partial charge >= 0.3 is 0 Å². The first-order chi connectivity index (χ1) is 7.97. The molecule has 1 aromatic rings. The molecule has 0 spiro atoms. The number of amides is 1. The van der Waals surface area contributed by atoms with E-state index in [-0.39, 0.29) is 23.4 Å². The number of benzene rings is 1. The monoisotopic (exact) mass is 236 g/mol. The number of likely N-dealkylation sites (N-methyl/N-ethyl adjacent to an activating group) is 1. The third-order valence-electron chi connectivity index (χ3n) is 2.96. The van der Waals surface area contributed by atoms with Crippen LogP contribution in [0.3, 0.4) is 0 Å².